The van der Waals surface area contributed by atoms with E-state index >= 15 is 0 Å². The van der Waals surface area contributed by atoms with Gasteiger partial charge < -0.3 is 15.0 Å². The molecule has 1 aromatic carbocycles. The molecule has 1 aliphatic heterocycles. The lowest BCUT2D eigenvalue weighted by molar-refractivity contribution is 0.0845. The van der Waals surface area contributed by atoms with Gasteiger partial charge in [0.05, 0.1) is 6.61 Å². The van der Waals surface area contributed by atoms with Crippen molar-refractivity contribution in [3.05, 3.63) is 48.2 Å². The molecule has 0 saturated carbocycles. The van der Waals surface area contributed by atoms with E-state index in [2.05, 4.69) is 10.2 Å². The monoisotopic (exact) mass is 341 g/mol. The zero-order valence-electron chi connectivity index (χ0n) is 14.8. The third kappa shape index (κ3) is 4.11. The fraction of sp³-hybridized carbons (Fsp3) is 0.450. The summed E-state index contributed by atoms with van der Waals surface area (Å²) in [7, 11) is 1.92. The normalized spacial score (nSPS) is 18.2. The maximum absolute atomic E-state index is 12.5. The number of hydrogen-bond donors (Lipinski definition) is 2. The highest BCUT2D eigenvalue weighted by Crippen LogP contribution is 2.21. The van der Waals surface area contributed by atoms with Crippen molar-refractivity contribution in [3.8, 4) is 11.3 Å². The average Bonchev–Trinajstić information content (AvgIpc) is 3.04. The summed E-state index contributed by atoms with van der Waals surface area (Å²) in [6, 6.07) is 14.2. The first-order chi connectivity index (χ1) is 12.2. The Morgan fingerprint density at radius 2 is 2.00 bits per heavy atom. The molecule has 0 spiro atoms. The van der Waals surface area contributed by atoms with E-state index in [4.69, 9.17) is 0 Å². The van der Waals surface area contributed by atoms with Crippen molar-refractivity contribution in [3.63, 3.8) is 0 Å². The lowest BCUT2D eigenvalue weighted by Crippen LogP contribution is -2.45. The molecule has 0 unspecified atom stereocenters. The van der Waals surface area contributed by atoms with Crippen LogP contribution >= 0.6 is 0 Å². The highest BCUT2D eigenvalue weighted by molar-refractivity contribution is 5.93. The summed E-state index contributed by atoms with van der Waals surface area (Å²) < 4.78 is 1.93. The highest BCUT2D eigenvalue weighted by atomic mass is 16.3. The number of piperidine rings is 1. The molecule has 3 rings (SSSR count). The van der Waals surface area contributed by atoms with Gasteiger partial charge in [-0.3, -0.25) is 9.69 Å². The lowest BCUT2D eigenvalue weighted by Gasteiger charge is -2.34. The molecule has 1 atom stereocenters. The summed E-state index contributed by atoms with van der Waals surface area (Å²) in [6.07, 6.45) is 3.39. The first kappa shape index (κ1) is 17.7. The largest absolute Gasteiger partial charge is 0.395 e. The Hall–Kier alpha value is -2.11. The molecule has 0 aliphatic carbocycles. The molecule has 1 aliphatic rings. The van der Waals surface area contributed by atoms with Crippen LogP contribution in [0.4, 0.5) is 0 Å². The third-order valence-electron chi connectivity index (χ3n) is 5.07. The minimum absolute atomic E-state index is 0.0535. The van der Waals surface area contributed by atoms with Gasteiger partial charge in [0, 0.05) is 31.9 Å². The van der Waals surface area contributed by atoms with Crippen molar-refractivity contribution < 1.29 is 9.90 Å². The van der Waals surface area contributed by atoms with Crippen LogP contribution in [0.5, 0.6) is 0 Å². The molecule has 1 saturated heterocycles. The second-order valence-electron chi connectivity index (χ2n) is 6.65. The molecule has 0 bridgehead atoms. The van der Waals surface area contributed by atoms with Crippen LogP contribution in [-0.2, 0) is 7.05 Å². The Morgan fingerprint density at radius 3 is 2.76 bits per heavy atom. The van der Waals surface area contributed by atoms with E-state index in [1.807, 2.05) is 54.1 Å². The number of carbonyl (C=O) groups is 1. The summed E-state index contributed by atoms with van der Waals surface area (Å²) in [6.45, 7) is 2.59. The van der Waals surface area contributed by atoms with Crippen molar-refractivity contribution in [2.45, 2.75) is 25.3 Å². The van der Waals surface area contributed by atoms with Crippen LogP contribution < -0.4 is 5.32 Å². The zero-order chi connectivity index (χ0) is 17.6. The number of aliphatic hydroxyl groups excluding tert-OH is 1. The molecular formula is C20H27N3O2. The molecule has 1 amide bonds. The maximum atomic E-state index is 12.5. The molecule has 2 N–H and O–H groups in total. The van der Waals surface area contributed by atoms with E-state index in [0.29, 0.717) is 12.2 Å². The van der Waals surface area contributed by atoms with Crippen LogP contribution in [0.1, 0.15) is 29.8 Å². The molecule has 2 aromatic rings. The molecule has 25 heavy (non-hydrogen) atoms. The molecule has 1 fully saturated rings. The molecule has 5 nitrogen and oxygen atoms in total. The van der Waals surface area contributed by atoms with Crippen LogP contribution in [0.25, 0.3) is 11.3 Å². The molecule has 134 valence electrons. The summed E-state index contributed by atoms with van der Waals surface area (Å²) in [5.41, 5.74) is 2.79. The number of benzene rings is 1. The Morgan fingerprint density at radius 1 is 1.20 bits per heavy atom. The molecule has 2 heterocycles. The summed E-state index contributed by atoms with van der Waals surface area (Å²) in [5, 5.41) is 12.5. The Bertz CT molecular complexity index is 696. The van der Waals surface area contributed by atoms with Gasteiger partial charge in [0.25, 0.3) is 5.91 Å². The van der Waals surface area contributed by atoms with Crippen LogP contribution in [0, 0.1) is 0 Å². The fourth-order valence-electron chi connectivity index (χ4n) is 3.60. The minimum Gasteiger partial charge on any atom is -0.395 e. The van der Waals surface area contributed by atoms with E-state index in [9.17, 15) is 9.90 Å². The number of nitrogens with zero attached hydrogens (tertiary/aromatic N) is 2. The van der Waals surface area contributed by atoms with E-state index in [0.717, 1.165) is 30.8 Å². The first-order valence-corrected chi connectivity index (χ1v) is 9.05. The van der Waals surface area contributed by atoms with Gasteiger partial charge in [-0.2, -0.15) is 0 Å². The SMILES string of the molecule is Cn1c(C(=O)NCCN2CCCC[C@H]2CO)ccc1-c1ccccc1. The maximum Gasteiger partial charge on any atom is 0.267 e. The van der Waals surface area contributed by atoms with Crippen LogP contribution in [0.3, 0.4) is 0 Å². The number of carbonyl (C=O) groups excluding carboxylic acids is 1. The summed E-state index contributed by atoms with van der Waals surface area (Å²) in [5.74, 6) is -0.0535. The molecule has 1 aromatic heterocycles. The van der Waals surface area contributed by atoms with Gasteiger partial charge in [-0.1, -0.05) is 36.8 Å². The number of hydrogen-bond acceptors (Lipinski definition) is 3. The molecule has 5 heteroatoms. The summed E-state index contributed by atoms with van der Waals surface area (Å²) in [4.78, 5) is 14.8. The predicted molar refractivity (Wildman–Crippen MR) is 99.5 cm³/mol. The standard InChI is InChI=1S/C20H27N3O2/c1-22-18(16-7-3-2-4-8-16)10-11-19(22)20(25)21-12-14-23-13-6-5-9-17(23)15-24/h2-4,7-8,10-11,17,24H,5-6,9,12-15H2,1H3,(H,21,25)/t17-/m0/s1. The Kier molecular flexibility index (Phi) is 5.89. The fourth-order valence-corrected chi connectivity index (χ4v) is 3.60. The van der Waals surface area contributed by atoms with Crippen LogP contribution in [-0.4, -0.2) is 52.8 Å². The van der Waals surface area contributed by atoms with Gasteiger partial charge in [0.1, 0.15) is 5.69 Å². The molecule has 0 radical (unpaired) electrons. The average molecular weight is 341 g/mol. The van der Waals surface area contributed by atoms with Crippen molar-refractivity contribution in [2.24, 2.45) is 7.05 Å². The Labute approximate surface area is 149 Å². The van der Waals surface area contributed by atoms with Crippen molar-refractivity contribution in [2.75, 3.05) is 26.2 Å². The van der Waals surface area contributed by atoms with E-state index in [-0.39, 0.29) is 18.6 Å². The van der Waals surface area contributed by atoms with Gasteiger partial charge >= 0.3 is 0 Å². The van der Waals surface area contributed by atoms with Gasteiger partial charge in [0.2, 0.25) is 0 Å². The van der Waals surface area contributed by atoms with Crippen LogP contribution in [0.2, 0.25) is 0 Å². The van der Waals surface area contributed by atoms with Gasteiger partial charge in [-0.15, -0.1) is 0 Å². The minimum atomic E-state index is -0.0535. The number of aliphatic hydroxyl groups is 1. The van der Waals surface area contributed by atoms with Crippen molar-refractivity contribution >= 4 is 5.91 Å². The second-order valence-corrected chi connectivity index (χ2v) is 6.65. The van der Waals surface area contributed by atoms with Crippen molar-refractivity contribution in [1.82, 2.24) is 14.8 Å². The van der Waals surface area contributed by atoms with E-state index in [1.165, 1.54) is 12.8 Å². The lowest BCUT2D eigenvalue weighted by atomic mass is 10.0. The smallest absolute Gasteiger partial charge is 0.267 e. The zero-order valence-corrected chi connectivity index (χ0v) is 14.8. The summed E-state index contributed by atoms with van der Waals surface area (Å²) >= 11 is 0. The van der Waals surface area contributed by atoms with Crippen molar-refractivity contribution in [1.29, 1.82) is 0 Å². The first-order valence-electron chi connectivity index (χ1n) is 9.05. The van der Waals surface area contributed by atoms with Gasteiger partial charge in [0.15, 0.2) is 0 Å². The quantitative estimate of drug-likeness (QED) is 0.847. The van der Waals surface area contributed by atoms with Gasteiger partial charge in [-0.25, -0.2) is 0 Å². The van der Waals surface area contributed by atoms with E-state index < -0.39 is 0 Å². The number of amides is 1. The predicted octanol–water partition coefficient (Wildman–Crippen LogP) is 2.27. The topological polar surface area (TPSA) is 57.5 Å². The number of aromatic nitrogens is 1. The molecular weight excluding hydrogens is 314 g/mol. The van der Waals surface area contributed by atoms with Gasteiger partial charge in [-0.05, 0) is 37.1 Å². The highest BCUT2D eigenvalue weighted by Gasteiger charge is 2.21. The van der Waals surface area contributed by atoms with E-state index in [1.54, 1.807) is 0 Å². The third-order valence-corrected chi connectivity index (χ3v) is 5.07. The number of rotatable bonds is 6. The number of nitrogens with one attached hydrogen (secondary N) is 1. The number of likely N-dealkylation sites (tertiary alicyclic amines) is 1. The Balaban J connectivity index is 1.58. The van der Waals surface area contributed by atoms with Crippen LogP contribution in [0.15, 0.2) is 42.5 Å². The second kappa shape index (κ2) is 8.32.